The molecule has 0 radical (unpaired) electrons. The Labute approximate surface area is 189 Å². The number of carbonyl (C=O) groups is 2. The van der Waals surface area contributed by atoms with Crippen molar-refractivity contribution in [1.82, 2.24) is 10.6 Å². The van der Waals surface area contributed by atoms with Crippen LogP contribution in [0.2, 0.25) is 0 Å². The van der Waals surface area contributed by atoms with Crippen LogP contribution in [0.1, 0.15) is 41.2 Å². The maximum absolute atomic E-state index is 12.9. The zero-order valence-corrected chi connectivity index (χ0v) is 18.1. The van der Waals surface area contributed by atoms with Crippen molar-refractivity contribution in [3.05, 3.63) is 102 Å². The summed E-state index contributed by atoms with van der Waals surface area (Å²) in [5.41, 5.74) is 2.73. The van der Waals surface area contributed by atoms with Crippen LogP contribution in [0.25, 0.3) is 0 Å². The zero-order valence-electron chi connectivity index (χ0n) is 18.1. The van der Waals surface area contributed by atoms with Gasteiger partial charge in [-0.3, -0.25) is 9.59 Å². The highest BCUT2D eigenvalue weighted by Gasteiger charge is 2.24. The van der Waals surface area contributed by atoms with E-state index in [1.165, 1.54) is 5.69 Å². The van der Waals surface area contributed by atoms with Crippen molar-refractivity contribution < 1.29 is 9.59 Å². The molecule has 164 valence electrons. The van der Waals surface area contributed by atoms with Gasteiger partial charge in [-0.25, -0.2) is 0 Å². The average Bonchev–Trinajstić information content (AvgIpc) is 2.85. The van der Waals surface area contributed by atoms with Crippen LogP contribution >= 0.6 is 0 Å². The van der Waals surface area contributed by atoms with E-state index in [1.807, 2.05) is 54.6 Å². The number of amides is 2. The number of hydrogen-bond acceptors (Lipinski definition) is 3. The number of carbonyl (C=O) groups excluding carboxylic acids is 2. The van der Waals surface area contributed by atoms with E-state index in [-0.39, 0.29) is 30.3 Å². The van der Waals surface area contributed by atoms with Crippen molar-refractivity contribution in [3.63, 3.8) is 0 Å². The zero-order chi connectivity index (χ0) is 22.2. The Morgan fingerprint density at radius 2 is 1.38 bits per heavy atom. The molecule has 32 heavy (non-hydrogen) atoms. The lowest BCUT2D eigenvalue weighted by molar-refractivity contribution is -0.122. The van der Waals surface area contributed by atoms with Crippen molar-refractivity contribution in [2.45, 2.75) is 31.3 Å². The Hall–Kier alpha value is -3.60. The summed E-state index contributed by atoms with van der Waals surface area (Å²) in [6.45, 7) is 1.84. The number of rotatable bonds is 7. The number of piperidine rings is 1. The van der Waals surface area contributed by atoms with Gasteiger partial charge in [0.15, 0.2) is 0 Å². The average molecular weight is 428 g/mol. The van der Waals surface area contributed by atoms with E-state index in [1.54, 1.807) is 12.1 Å². The van der Waals surface area contributed by atoms with Gasteiger partial charge < -0.3 is 15.5 Å². The third-order valence-corrected chi connectivity index (χ3v) is 5.91. The highest BCUT2D eigenvalue weighted by molar-refractivity contribution is 5.94. The minimum absolute atomic E-state index is 0.0367. The van der Waals surface area contributed by atoms with Crippen molar-refractivity contribution in [3.8, 4) is 0 Å². The fourth-order valence-electron chi connectivity index (χ4n) is 4.16. The molecule has 1 aliphatic rings. The van der Waals surface area contributed by atoms with Crippen LogP contribution in [-0.4, -0.2) is 30.9 Å². The van der Waals surface area contributed by atoms with Crippen molar-refractivity contribution >= 4 is 17.5 Å². The molecule has 0 aromatic heterocycles. The summed E-state index contributed by atoms with van der Waals surface area (Å²) in [4.78, 5) is 28.0. The van der Waals surface area contributed by atoms with E-state index in [9.17, 15) is 9.59 Å². The molecule has 2 amide bonds. The van der Waals surface area contributed by atoms with Crippen molar-refractivity contribution in [1.29, 1.82) is 0 Å². The molecule has 1 saturated heterocycles. The fraction of sp³-hybridized carbons (Fsp3) is 0.259. The third-order valence-electron chi connectivity index (χ3n) is 5.91. The highest BCUT2D eigenvalue weighted by Crippen LogP contribution is 2.21. The molecule has 5 nitrogen and oxygen atoms in total. The second-order valence-electron chi connectivity index (χ2n) is 8.17. The van der Waals surface area contributed by atoms with Crippen LogP contribution in [0.5, 0.6) is 0 Å². The molecule has 1 aliphatic heterocycles. The Morgan fingerprint density at radius 3 is 2.00 bits per heavy atom. The third kappa shape index (κ3) is 5.76. The summed E-state index contributed by atoms with van der Waals surface area (Å²) in [5, 5.41) is 6.23. The van der Waals surface area contributed by atoms with Crippen LogP contribution in [0.15, 0.2) is 91.0 Å². The highest BCUT2D eigenvalue weighted by atomic mass is 16.2. The first kappa shape index (κ1) is 21.6. The lowest BCUT2D eigenvalue weighted by atomic mass is 10.0. The van der Waals surface area contributed by atoms with Gasteiger partial charge in [0.2, 0.25) is 5.91 Å². The predicted octanol–water partition coefficient (Wildman–Crippen LogP) is 4.33. The molecule has 3 aromatic rings. The van der Waals surface area contributed by atoms with Gasteiger partial charge in [0.1, 0.15) is 0 Å². The molecule has 1 unspecified atom stereocenters. The first-order valence-corrected chi connectivity index (χ1v) is 11.2. The number of anilines is 1. The first-order chi connectivity index (χ1) is 15.7. The summed E-state index contributed by atoms with van der Waals surface area (Å²) in [7, 11) is 0. The van der Waals surface area contributed by atoms with Gasteiger partial charge in [-0.15, -0.1) is 0 Å². The fourth-order valence-corrected chi connectivity index (χ4v) is 4.16. The van der Waals surface area contributed by atoms with E-state index < -0.39 is 0 Å². The van der Waals surface area contributed by atoms with Crippen LogP contribution in [-0.2, 0) is 4.79 Å². The lowest BCUT2D eigenvalue weighted by Gasteiger charge is -2.34. The van der Waals surface area contributed by atoms with Crippen molar-refractivity contribution in [2.75, 3.05) is 18.0 Å². The molecule has 0 saturated carbocycles. The topological polar surface area (TPSA) is 61.4 Å². The molecular weight excluding hydrogens is 398 g/mol. The van der Waals surface area contributed by atoms with Crippen LogP contribution in [0, 0.1) is 0 Å². The molecule has 0 aliphatic carbocycles. The van der Waals surface area contributed by atoms with E-state index >= 15 is 0 Å². The van der Waals surface area contributed by atoms with E-state index in [0.29, 0.717) is 5.56 Å². The number of hydrogen-bond donors (Lipinski definition) is 2. The molecule has 1 atom stereocenters. The van der Waals surface area contributed by atoms with Gasteiger partial charge in [0.05, 0.1) is 12.5 Å². The first-order valence-electron chi connectivity index (χ1n) is 11.2. The Bertz CT molecular complexity index is 1000. The van der Waals surface area contributed by atoms with E-state index in [4.69, 9.17) is 0 Å². The van der Waals surface area contributed by atoms with E-state index in [0.717, 1.165) is 31.5 Å². The normalized spacial score (nSPS) is 15.1. The van der Waals surface area contributed by atoms with Crippen LogP contribution in [0.3, 0.4) is 0 Å². The van der Waals surface area contributed by atoms with Crippen molar-refractivity contribution in [2.24, 2.45) is 0 Å². The van der Waals surface area contributed by atoms with Gasteiger partial charge in [-0.1, -0.05) is 66.7 Å². The van der Waals surface area contributed by atoms with Gasteiger partial charge in [-0.2, -0.15) is 0 Å². The van der Waals surface area contributed by atoms with Crippen LogP contribution < -0.4 is 15.5 Å². The molecular formula is C27H29N3O2. The largest absolute Gasteiger partial charge is 0.371 e. The van der Waals surface area contributed by atoms with Gasteiger partial charge in [0, 0.05) is 30.4 Å². The Kier molecular flexibility index (Phi) is 7.18. The second kappa shape index (κ2) is 10.6. The quantitative estimate of drug-likeness (QED) is 0.590. The monoisotopic (exact) mass is 427 g/mol. The Morgan fingerprint density at radius 1 is 0.812 bits per heavy atom. The maximum Gasteiger partial charge on any atom is 0.251 e. The minimum Gasteiger partial charge on any atom is -0.371 e. The molecule has 3 aromatic carbocycles. The molecule has 2 N–H and O–H groups in total. The molecule has 1 heterocycles. The molecule has 0 bridgehead atoms. The predicted molar refractivity (Wildman–Crippen MR) is 128 cm³/mol. The number of nitrogens with one attached hydrogen (secondary N) is 2. The smallest absolute Gasteiger partial charge is 0.251 e. The van der Waals surface area contributed by atoms with E-state index in [2.05, 4.69) is 39.8 Å². The molecule has 1 fully saturated rings. The lowest BCUT2D eigenvalue weighted by Crippen LogP contribution is -2.45. The summed E-state index contributed by atoms with van der Waals surface area (Å²) in [6, 6.07) is 28.9. The second-order valence-corrected chi connectivity index (χ2v) is 8.17. The van der Waals surface area contributed by atoms with Gasteiger partial charge in [-0.05, 0) is 42.7 Å². The Balaban J connectivity index is 1.35. The summed E-state index contributed by atoms with van der Waals surface area (Å²) < 4.78 is 0. The number of nitrogens with zero attached hydrogens (tertiary/aromatic N) is 1. The molecule has 0 spiro atoms. The summed E-state index contributed by atoms with van der Waals surface area (Å²) >= 11 is 0. The molecule has 5 heteroatoms. The SMILES string of the molecule is O=C(CC(NC(=O)c1ccccc1)c1ccccc1)NC1CCN(c2ccccc2)CC1. The summed E-state index contributed by atoms with van der Waals surface area (Å²) in [6.07, 6.45) is 2.03. The molecule has 4 rings (SSSR count). The number of benzene rings is 3. The van der Waals surface area contributed by atoms with Gasteiger partial charge in [0.25, 0.3) is 5.91 Å². The standard InChI is InChI=1S/C27H29N3O2/c31-26(28-23-16-18-30(19-17-23)24-14-8-3-9-15-24)20-25(21-10-4-1-5-11-21)29-27(32)22-12-6-2-7-13-22/h1-15,23,25H,16-20H2,(H,28,31)(H,29,32). The maximum atomic E-state index is 12.9. The minimum atomic E-state index is -0.381. The number of para-hydroxylation sites is 1. The van der Waals surface area contributed by atoms with Crippen LogP contribution in [0.4, 0.5) is 5.69 Å². The summed E-state index contributed by atoms with van der Waals surface area (Å²) in [5.74, 6) is -0.214. The van der Waals surface area contributed by atoms with Gasteiger partial charge >= 0.3 is 0 Å².